The van der Waals surface area contributed by atoms with E-state index < -0.39 is 0 Å². The molecule has 5 heteroatoms. The standard InChI is InChI=1S/C20H21N3OS/c1-16-2-4-18(5-3-16)13-25-14-20(24)22-12-17-6-8-19(9-7-17)23-11-10-21-15-23/h2-11,15H,12-14H2,1H3,(H,22,24). The summed E-state index contributed by atoms with van der Waals surface area (Å²) in [7, 11) is 0. The first kappa shape index (κ1) is 17.3. The van der Waals surface area contributed by atoms with Crippen LogP contribution in [0.15, 0.2) is 67.3 Å². The molecule has 2 aromatic carbocycles. The predicted octanol–water partition coefficient (Wildman–Crippen LogP) is 3.73. The van der Waals surface area contributed by atoms with Crippen LogP contribution in [-0.2, 0) is 17.1 Å². The van der Waals surface area contributed by atoms with Gasteiger partial charge in [-0.1, -0.05) is 42.0 Å². The maximum atomic E-state index is 12.0. The largest absolute Gasteiger partial charge is 0.351 e. The van der Waals surface area contributed by atoms with Crippen molar-refractivity contribution in [2.45, 2.75) is 19.2 Å². The Labute approximate surface area is 152 Å². The number of hydrogen-bond acceptors (Lipinski definition) is 3. The predicted molar refractivity (Wildman–Crippen MR) is 103 cm³/mol. The first-order valence-electron chi connectivity index (χ1n) is 8.18. The minimum absolute atomic E-state index is 0.0656. The zero-order valence-corrected chi connectivity index (χ0v) is 15.0. The number of imidazole rings is 1. The van der Waals surface area contributed by atoms with Crippen LogP contribution in [0.2, 0.25) is 0 Å². The van der Waals surface area contributed by atoms with Crippen LogP contribution < -0.4 is 5.32 Å². The molecule has 0 saturated carbocycles. The van der Waals surface area contributed by atoms with Crippen LogP contribution in [0.1, 0.15) is 16.7 Å². The first-order valence-corrected chi connectivity index (χ1v) is 9.33. The molecule has 0 aliphatic rings. The highest BCUT2D eigenvalue weighted by atomic mass is 32.2. The third-order valence-corrected chi connectivity index (χ3v) is 4.85. The number of amides is 1. The Morgan fingerprint density at radius 3 is 2.48 bits per heavy atom. The number of thioether (sulfide) groups is 1. The SMILES string of the molecule is Cc1ccc(CSCC(=O)NCc2ccc(-n3ccnc3)cc2)cc1. The van der Waals surface area contributed by atoms with Crippen LogP contribution in [-0.4, -0.2) is 21.2 Å². The Hall–Kier alpha value is -2.53. The van der Waals surface area contributed by atoms with Crippen molar-refractivity contribution in [2.75, 3.05) is 5.75 Å². The lowest BCUT2D eigenvalue weighted by Gasteiger charge is -2.07. The third kappa shape index (κ3) is 5.22. The van der Waals surface area contributed by atoms with E-state index in [1.165, 1.54) is 11.1 Å². The van der Waals surface area contributed by atoms with E-state index in [1.54, 1.807) is 24.3 Å². The highest BCUT2D eigenvalue weighted by molar-refractivity contribution is 7.99. The Morgan fingerprint density at radius 1 is 1.08 bits per heavy atom. The monoisotopic (exact) mass is 351 g/mol. The number of aryl methyl sites for hydroxylation is 1. The molecule has 0 atom stereocenters. The van der Waals surface area contributed by atoms with Crippen LogP contribution >= 0.6 is 11.8 Å². The van der Waals surface area contributed by atoms with Crippen molar-refractivity contribution in [1.82, 2.24) is 14.9 Å². The second-order valence-corrected chi connectivity index (χ2v) is 6.88. The fourth-order valence-corrected chi connectivity index (χ4v) is 3.21. The number of nitrogens with zero attached hydrogens (tertiary/aromatic N) is 2. The van der Waals surface area contributed by atoms with Gasteiger partial charge in [-0.3, -0.25) is 4.79 Å². The summed E-state index contributed by atoms with van der Waals surface area (Å²) in [6, 6.07) is 16.5. The lowest BCUT2D eigenvalue weighted by molar-refractivity contribution is -0.118. The van der Waals surface area contributed by atoms with Crippen LogP contribution in [0.4, 0.5) is 0 Å². The quantitative estimate of drug-likeness (QED) is 0.705. The lowest BCUT2D eigenvalue weighted by atomic mass is 10.2. The smallest absolute Gasteiger partial charge is 0.230 e. The summed E-state index contributed by atoms with van der Waals surface area (Å²) in [5.41, 5.74) is 4.64. The molecule has 0 spiro atoms. The summed E-state index contributed by atoms with van der Waals surface area (Å²) in [6.07, 6.45) is 5.42. The van der Waals surface area contributed by atoms with Gasteiger partial charge in [-0.2, -0.15) is 0 Å². The van der Waals surface area contributed by atoms with Gasteiger partial charge in [0.1, 0.15) is 0 Å². The van der Waals surface area contributed by atoms with Crippen molar-refractivity contribution >= 4 is 17.7 Å². The second-order valence-electron chi connectivity index (χ2n) is 5.89. The van der Waals surface area contributed by atoms with Gasteiger partial charge in [0.15, 0.2) is 0 Å². The van der Waals surface area contributed by atoms with Crippen molar-refractivity contribution in [3.05, 3.63) is 83.9 Å². The normalized spacial score (nSPS) is 10.6. The topological polar surface area (TPSA) is 46.9 Å². The highest BCUT2D eigenvalue weighted by Crippen LogP contribution is 2.13. The molecule has 0 aliphatic carbocycles. The number of carbonyl (C=O) groups is 1. The molecule has 128 valence electrons. The van der Waals surface area contributed by atoms with E-state index in [2.05, 4.69) is 41.5 Å². The summed E-state index contributed by atoms with van der Waals surface area (Å²) in [4.78, 5) is 16.0. The fraction of sp³-hybridized carbons (Fsp3) is 0.200. The van der Waals surface area contributed by atoms with Gasteiger partial charge in [0, 0.05) is 30.4 Å². The van der Waals surface area contributed by atoms with E-state index in [-0.39, 0.29) is 5.91 Å². The van der Waals surface area contributed by atoms with Crippen molar-refractivity contribution in [3.8, 4) is 5.69 Å². The number of nitrogens with one attached hydrogen (secondary N) is 1. The van der Waals surface area contributed by atoms with Gasteiger partial charge in [-0.05, 0) is 30.2 Å². The molecule has 0 radical (unpaired) electrons. The molecule has 4 nitrogen and oxygen atoms in total. The van der Waals surface area contributed by atoms with Crippen LogP contribution in [0.25, 0.3) is 5.69 Å². The lowest BCUT2D eigenvalue weighted by Crippen LogP contribution is -2.24. The van der Waals surface area contributed by atoms with E-state index >= 15 is 0 Å². The summed E-state index contributed by atoms with van der Waals surface area (Å²) in [6.45, 7) is 2.63. The summed E-state index contributed by atoms with van der Waals surface area (Å²) in [5, 5.41) is 2.97. The second kappa shape index (κ2) is 8.53. The number of rotatable bonds is 7. The fourth-order valence-electron chi connectivity index (χ4n) is 2.40. The van der Waals surface area contributed by atoms with Crippen LogP contribution in [0.5, 0.6) is 0 Å². The molecule has 1 heterocycles. The van der Waals surface area contributed by atoms with Gasteiger partial charge < -0.3 is 9.88 Å². The summed E-state index contributed by atoms with van der Waals surface area (Å²) >= 11 is 1.63. The first-order chi connectivity index (χ1) is 12.2. The average molecular weight is 351 g/mol. The Morgan fingerprint density at radius 2 is 1.80 bits per heavy atom. The zero-order chi connectivity index (χ0) is 17.5. The van der Waals surface area contributed by atoms with Gasteiger partial charge in [0.25, 0.3) is 0 Å². The summed E-state index contributed by atoms with van der Waals surface area (Å²) in [5.74, 6) is 1.39. The molecule has 1 N–H and O–H groups in total. The van der Waals surface area contributed by atoms with Gasteiger partial charge in [-0.15, -0.1) is 11.8 Å². The van der Waals surface area contributed by atoms with Gasteiger partial charge in [-0.25, -0.2) is 4.98 Å². The molecule has 0 fully saturated rings. The van der Waals surface area contributed by atoms with Gasteiger partial charge >= 0.3 is 0 Å². The van der Waals surface area contributed by atoms with E-state index in [9.17, 15) is 4.79 Å². The molecule has 3 aromatic rings. The Bertz CT molecular complexity index is 796. The zero-order valence-electron chi connectivity index (χ0n) is 14.2. The number of benzene rings is 2. The number of carbonyl (C=O) groups excluding carboxylic acids is 1. The van der Waals surface area contributed by atoms with Crippen molar-refractivity contribution in [2.24, 2.45) is 0 Å². The average Bonchev–Trinajstić information content (AvgIpc) is 3.17. The molecule has 0 bridgehead atoms. The van der Waals surface area contributed by atoms with Crippen molar-refractivity contribution in [1.29, 1.82) is 0 Å². The van der Waals surface area contributed by atoms with Crippen molar-refractivity contribution in [3.63, 3.8) is 0 Å². The number of aromatic nitrogens is 2. The highest BCUT2D eigenvalue weighted by Gasteiger charge is 2.03. The number of hydrogen-bond donors (Lipinski definition) is 1. The molecule has 0 saturated heterocycles. The minimum atomic E-state index is 0.0656. The van der Waals surface area contributed by atoms with Crippen molar-refractivity contribution < 1.29 is 4.79 Å². The Kier molecular flexibility index (Phi) is 5.90. The molecular weight excluding hydrogens is 330 g/mol. The molecule has 25 heavy (non-hydrogen) atoms. The third-order valence-electron chi connectivity index (χ3n) is 3.85. The van der Waals surface area contributed by atoms with E-state index in [1.807, 2.05) is 35.0 Å². The summed E-state index contributed by atoms with van der Waals surface area (Å²) < 4.78 is 1.95. The van der Waals surface area contributed by atoms with E-state index in [0.717, 1.165) is 17.0 Å². The molecule has 3 rings (SSSR count). The molecular formula is C20H21N3OS. The maximum absolute atomic E-state index is 12.0. The van der Waals surface area contributed by atoms with Gasteiger partial charge in [0.2, 0.25) is 5.91 Å². The van der Waals surface area contributed by atoms with E-state index in [0.29, 0.717) is 12.3 Å². The molecule has 0 unspecified atom stereocenters. The van der Waals surface area contributed by atoms with E-state index in [4.69, 9.17) is 0 Å². The van der Waals surface area contributed by atoms with Gasteiger partial charge in [0.05, 0.1) is 12.1 Å². The van der Waals surface area contributed by atoms with Crippen LogP contribution in [0.3, 0.4) is 0 Å². The molecule has 1 amide bonds. The minimum Gasteiger partial charge on any atom is -0.351 e. The maximum Gasteiger partial charge on any atom is 0.230 e. The Balaban J connectivity index is 1.40. The molecule has 0 aliphatic heterocycles. The molecule has 1 aromatic heterocycles. The van der Waals surface area contributed by atoms with Crippen LogP contribution in [0, 0.1) is 6.92 Å².